The van der Waals surface area contributed by atoms with Crippen molar-refractivity contribution in [2.24, 2.45) is 0 Å². The zero-order chi connectivity index (χ0) is 15.4. The van der Waals surface area contributed by atoms with Crippen molar-refractivity contribution in [1.29, 1.82) is 0 Å². The van der Waals surface area contributed by atoms with Gasteiger partial charge in [-0.2, -0.15) is 0 Å². The molecule has 0 radical (unpaired) electrons. The highest BCUT2D eigenvalue weighted by molar-refractivity contribution is 7.14. The van der Waals surface area contributed by atoms with Crippen LogP contribution in [0.3, 0.4) is 0 Å². The molecule has 0 aromatic carbocycles. The molecule has 0 spiro atoms. The first-order chi connectivity index (χ1) is 10.1. The van der Waals surface area contributed by atoms with E-state index in [0.29, 0.717) is 23.2 Å². The number of nitrogens with zero attached hydrogens (tertiary/aromatic N) is 1. The molecule has 2 heterocycles. The number of thiophene rings is 1. The second-order valence-corrected chi connectivity index (χ2v) is 6.41. The Hall–Kier alpha value is -1.11. The summed E-state index contributed by atoms with van der Waals surface area (Å²) < 4.78 is 5.32. The number of rotatable bonds is 6. The largest absolute Gasteiger partial charge is 0.495 e. The molecule has 1 aliphatic rings. The number of carbonyl (C=O) groups is 1. The van der Waals surface area contributed by atoms with E-state index in [1.165, 1.54) is 17.8 Å². The van der Waals surface area contributed by atoms with Gasteiger partial charge < -0.3 is 15.2 Å². The summed E-state index contributed by atoms with van der Waals surface area (Å²) in [6, 6.07) is 0.434. The number of amides is 1. The number of ether oxygens (including phenoxy) is 1. The van der Waals surface area contributed by atoms with E-state index in [1.54, 1.807) is 7.11 Å². The zero-order valence-corrected chi connectivity index (χ0v) is 13.8. The molecule has 0 aliphatic carbocycles. The fourth-order valence-electron chi connectivity index (χ4n) is 2.92. The van der Waals surface area contributed by atoms with Crippen molar-refractivity contribution in [3.8, 4) is 5.75 Å². The van der Waals surface area contributed by atoms with Gasteiger partial charge in [-0.3, -0.25) is 9.69 Å². The first kappa shape index (κ1) is 16.3. The lowest BCUT2D eigenvalue weighted by atomic mass is 10.2. The molecule has 5 nitrogen and oxygen atoms in total. The smallest absolute Gasteiger partial charge is 0.265 e. The Morgan fingerprint density at radius 1 is 1.57 bits per heavy atom. The number of hydrogen-bond donors (Lipinski definition) is 2. The van der Waals surface area contributed by atoms with Crippen molar-refractivity contribution < 1.29 is 14.6 Å². The van der Waals surface area contributed by atoms with E-state index in [2.05, 4.69) is 17.1 Å². The van der Waals surface area contributed by atoms with Crippen molar-refractivity contribution in [2.75, 3.05) is 26.7 Å². The molecule has 0 saturated carbocycles. The molecule has 1 unspecified atom stereocenters. The van der Waals surface area contributed by atoms with E-state index < -0.39 is 0 Å². The predicted molar refractivity (Wildman–Crippen MR) is 84.1 cm³/mol. The van der Waals surface area contributed by atoms with Gasteiger partial charge in [0.15, 0.2) is 0 Å². The zero-order valence-electron chi connectivity index (χ0n) is 12.9. The van der Waals surface area contributed by atoms with Crippen LogP contribution >= 0.6 is 11.3 Å². The SMILES string of the molecule is CCN1CCCC1CNC(=O)c1sc(CO)c(C)c1OC. The molecule has 1 aliphatic heterocycles. The Balaban J connectivity index is 2.03. The van der Waals surface area contributed by atoms with Crippen molar-refractivity contribution in [3.05, 3.63) is 15.3 Å². The van der Waals surface area contributed by atoms with Crippen LogP contribution in [0, 0.1) is 6.92 Å². The fraction of sp³-hybridized carbons (Fsp3) is 0.667. The lowest BCUT2D eigenvalue weighted by Gasteiger charge is -2.22. The number of likely N-dealkylation sites (tertiary alicyclic amines) is 1. The quantitative estimate of drug-likeness (QED) is 0.840. The highest BCUT2D eigenvalue weighted by atomic mass is 32.1. The van der Waals surface area contributed by atoms with Gasteiger partial charge in [0.25, 0.3) is 5.91 Å². The van der Waals surface area contributed by atoms with Gasteiger partial charge >= 0.3 is 0 Å². The molecule has 21 heavy (non-hydrogen) atoms. The molecular formula is C15H24N2O3S. The van der Waals surface area contributed by atoms with E-state index in [-0.39, 0.29) is 12.5 Å². The van der Waals surface area contributed by atoms with Gasteiger partial charge in [0.2, 0.25) is 0 Å². The number of aliphatic hydroxyl groups excluding tert-OH is 1. The third kappa shape index (κ3) is 3.39. The van der Waals surface area contributed by atoms with Crippen LogP contribution in [0.1, 0.15) is 39.9 Å². The van der Waals surface area contributed by atoms with Gasteiger partial charge in [0, 0.05) is 23.0 Å². The standard InChI is InChI=1S/C15H24N2O3S/c1-4-17-7-5-6-11(17)8-16-15(19)14-13(20-3)10(2)12(9-18)21-14/h11,18H,4-9H2,1-3H3,(H,16,19). The summed E-state index contributed by atoms with van der Waals surface area (Å²) in [5.41, 5.74) is 0.853. The molecule has 1 atom stereocenters. The van der Waals surface area contributed by atoms with Crippen molar-refractivity contribution in [2.45, 2.75) is 39.3 Å². The van der Waals surface area contributed by atoms with Crippen molar-refractivity contribution in [3.63, 3.8) is 0 Å². The maximum absolute atomic E-state index is 12.4. The number of carbonyl (C=O) groups excluding carboxylic acids is 1. The normalized spacial score (nSPS) is 19.0. The van der Waals surface area contributed by atoms with Crippen LogP contribution in [0.2, 0.25) is 0 Å². The number of likely N-dealkylation sites (N-methyl/N-ethyl adjacent to an activating group) is 1. The number of hydrogen-bond acceptors (Lipinski definition) is 5. The Bertz CT molecular complexity index is 501. The highest BCUT2D eigenvalue weighted by Crippen LogP contribution is 2.34. The van der Waals surface area contributed by atoms with E-state index in [9.17, 15) is 9.90 Å². The molecule has 0 bridgehead atoms. The average molecular weight is 312 g/mol. The number of nitrogens with one attached hydrogen (secondary N) is 1. The van der Waals surface area contributed by atoms with Crippen LogP contribution in [0.15, 0.2) is 0 Å². The number of aliphatic hydroxyl groups is 1. The minimum absolute atomic E-state index is 0.0631. The topological polar surface area (TPSA) is 61.8 Å². The Labute approximate surface area is 129 Å². The van der Waals surface area contributed by atoms with Gasteiger partial charge in [-0.15, -0.1) is 11.3 Å². The Morgan fingerprint density at radius 2 is 2.33 bits per heavy atom. The van der Waals surface area contributed by atoms with E-state index in [4.69, 9.17) is 4.74 Å². The minimum Gasteiger partial charge on any atom is -0.495 e. The molecule has 1 saturated heterocycles. The second kappa shape index (κ2) is 7.24. The Morgan fingerprint density at radius 3 is 2.95 bits per heavy atom. The van der Waals surface area contributed by atoms with Gasteiger partial charge in [-0.25, -0.2) is 0 Å². The van der Waals surface area contributed by atoms with Gasteiger partial charge in [-0.1, -0.05) is 6.92 Å². The summed E-state index contributed by atoms with van der Waals surface area (Å²) in [4.78, 5) is 16.1. The summed E-state index contributed by atoms with van der Waals surface area (Å²) >= 11 is 1.31. The lowest BCUT2D eigenvalue weighted by molar-refractivity contribution is 0.0942. The van der Waals surface area contributed by atoms with Crippen LogP contribution in [-0.4, -0.2) is 48.7 Å². The summed E-state index contributed by atoms with van der Waals surface area (Å²) in [5, 5.41) is 12.3. The van der Waals surface area contributed by atoms with E-state index >= 15 is 0 Å². The summed E-state index contributed by atoms with van der Waals surface area (Å²) in [7, 11) is 1.56. The molecule has 118 valence electrons. The van der Waals surface area contributed by atoms with Crippen LogP contribution in [0.4, 0.5) is 0 Å². The molecule has 1 aromatic rings. The van der Waals surface area contributed by atoms with Gasteiger partial charge in [0.05, 0.1) is 13.7 Å². The summed E-state index contributed by atoms with van der Waals surface area (Å²) in [6.45, 7) is 6.77. The molecule has 6 heteroatoms. The summed E-state index contributed by atoms with van der Waals surface area (Å²) in [5.74, 6) is 0.475. The maximum atomic E-state index is 12.4. The van der Waals surface area contributed by atoms with Gasteiger partial charge in [-0.05, 0) is 32.9 Å². The van der Waals surface area contributed by atoms with Crippen LogP contribution in [0.5, 0.6) is 5.75 Å². The third-order valence-electron chi connectivity index (χ3n) is 4.15. The molecule has 1 fully saturated rings. The van der Waals surface area contributed by atoms with Crippen LogP contribution < -0.4 is 10.1 Å². The third-order valence-corrected chi connectivity index (χ3v) is 5.40. The number of methoxy groups -OCH3 is 1. The molecule has 1 amide bonds. The molecule has 2 rings (SSSR count). The van der Waals surface area contributed by atoms with Crippen molar-refractivity contribution >= 4 is 17.2 Å². The minimum atomic E-state index is -0.109. The monoisotopic (exact) mass is 312 g/mol. The fourth-order valence-corrected chi connectivity index (χ4v) is 3.97. The first-order valence-electron chi connectivity index (χ1n) is 7.41. The highest BCUT2D eigenvalue weighted by Gasteiger charge is 2.25. The van der Waals surface area contributed by atoms with Crippen LogP contribution in [0.25, 0.3) is 0 Å². The summed E-state index contributed by atoms with van der Waals surface area (Å²) in [6.07, 6.45) is 2.33. The van der Waals surface area contributed by atoms with E-state index in [0.717, 1.165) is 30.0 Å². The lowest BCUT2D eigenvalue weighted by Crippen LogP contribution is -2.39. The predicted octanol–water partition coefficient (Wildman–Crippen LogP) is 1.77. The Kier molecular flexibility index (Phi) is 5.61. The second-order valence-electron chi connectivity index (χ2n) is 5.31. The molecule has 2 N–H and O–H groups in total. The molecular weight excluding hydrogens is 288 g/mol. The average Bonchev–Trinajstić information content (AvgIpc) is 3.08. The van der Waals surface area contributed by atoms with Crippen LogP contribution in [-0.2, 0) is 6.61 Å². The maximum Gasteiger partial charge on any atom is 0.265 e. The van der Waals surface area contributed by atoms with Crippen molar-refractivity contribution in [1.82, 2.24) is 10.2 Å². The van der Waals surface area contributed by atoms with E-state index in [1.807, 2.05) is 6.92 Å². The molecule has 1 aromatic heterocycles. The first-order valence-corrected chi connectivity index (χ1v) is 8.23. The van der Waals surface area contributed by atoms with Gasteiger partial charge in [0.1, 0.15) is 10.6 Å².